The Kier molecular flexibility index (Phi) is 55.3. The Balaban J connectivity index is 5.27. The zero-order chi connectivity index (χ0) is 56.4. The van der Waals surface area contributed by atoms with E-state index in [0.717, 1.165) is 64.2 Å². The molecule has 0 aromatic rings. The topological polar surface area (TPSA) is 114 Å². The van der Waals surface area contributed by atoms with Gasteiger partial charge in [0.2, 0.25) is 5.91 Å². The molecular formula is C67H125N2O7P. The van der Waals surface area contributed by atoms with Gasteiger partial charge in [-0.1, -0.05) is 281 Å². The van der Waals surface area contributed by atoms with Crippen LogP contribution in [0.15, 0.2) is 60.8 Å². The Hall–Kier alpha value is -2.29. The van der Waals surface area contributed by atoms with E-state index in [4.69, 9.17) is 13.8 Å². The van der Waals surface area contributed by atoms with Gasteiger partial charge in [-0.2, -0.15) is 0 Å². The van der Waals surface area contributed by atoms with Crippen LogP contribution >= 0.6 is 7.82 Å². The van der Waals surface area contributed by atoms with E-state index in [0.29, 0.717) is 23.9 Å². The number of hydrogen-bond acceptors (Lipinski definition) is 7. The first-order valence-electron chi connectivity index (χ1n) is 32.6. The van der Waals surface area contributed by atoms with Gasteiger partial charge in [0.15, 0.2) is 0 Å². The van der Waals surface area contributed by atoms with Gasteiger partial charge >= 0.3 is 5.97 Å². The second-order valence-corrected chi connectivity index (χ2v) is 24.7. The van der Waals surface area contributed by atoms with Crippen LogP contribution in [0, 0.1) is 0 Å². The van der Waals surface area contributed by atoms with Gasteiger partial charge < -0.3 is 28.5 Å². The Labute approximate surface area is 477 Å². The van der Waals surface area contributed by atoms with E-state index in [1.54, 1.807) is 0 Å². The summed E-state index contributed by atoms with van der Waals surface area (Å²) in [5.74, 6) is -0.596. The molecule has 0 radical (unpaired) electrons. The Morgan fingerprint density at radius 1 is 0.455 bits per heavy atom. The number of amides is 1. The molecule has 0 aliphatic heterocycles. The Morgan fingerprint density at radius 3 is 1.23 bits per heavy atom. The maximum atomic E-state index is 13.6. The number of nitrogens with zero attached hydrogens (tertiary/aromatic N) is 1. The smallest absolute Gasteiger partial charge is 0.306 e. The Morgan fingerprint density at radius 2 is 0.805 bits per heavy atom. The molecule has 10 heteroatoms. The first-order valence-corrected chi connectivity index (χ1v) is 34.1. The summed E-state index contributed by atoms with van der Waals surface area (Å²) in [5.41, 5.74) is 0. The molecule has 0 spiro atoms. The molecule has 77 heavy (non-hydrogen) atoms. The van der Waals surface area contributed by atoms with Crippen LogP contribution in [0.3, 0.4) is 0 Å². The highest BCUT2D eigenvalue weighted by Crippen LogP contribution is 2.38. The Bertz CT molecular complexity index is 1500. The number of esters is 1. The predicted octanol–water partition coefficient (Wildman–Crippen LogP) is 19.6. The number of hydrogen-bond donors (Lipinski definition) is 1. The number of carbonyl (C=O) groups is 2. The number of rotatable bonds is 59. The van der Waals surface area contributed by atoms with Crippen LogP contribution in [-0.4, -0.2) is 69.4 Å². The summed E-state index contributed by atoms with van der Waals surface area (Å²) in [6.45, 7) is 6.81. The van der Waals surface area contributed by atoms with Crippen LogP contribution in [0.25, 0.3) is 0 Å². The number of phosphoric acid groups is 1. The fraction of sp³-hybridized carbons (Fsp3) is 0.821. The molecule has 0 rings (SSSR count). The third-order valence-electron chi connectivity index (χ3n) is 14.5. The largest absolute Gasteiger partial charge is 0.756 e. The number of phosphoric ester groups is 1. The minimum Gasteiger partial charge on any atom is -0.756 e. The minimum atomic E-state index is -4.71. The summed E-state index contributed by atoms with van der Waals surface area (Å²) in [6.07, 6.45) is 72.0. The SMILES string of the molecule is CCCCC/C=C\C/C=C\C/C=C\C/C=C\CCCC(=O)OC(/C=C/CCCCCCCCCCCCC)C(COP(=O)([O-])OCC[N+](C)(C)C)NC(=O)CCCCCCCCCCCCCCCCCCCCCCC. The second kappa shape index (κ2) is 57.0. The third-order valence-corrected chi connectivity index (χ3v) is 15.4. The van der Waals surface area contributed by atoms with Crippen molar-refractivity contribution in [3.63, 3.8) is 0 Å². The van der Waals surface area contributed by atoms with Gasteiger partial charge in [0.05, 0.1) is 33.8 Å². The molecule has 450 valence electrons. The molecule has 0 aliphatic rings. The van der Waals surface area contributed by atoms with Crippen LogP contribution in [0.5, 0.6) is 0 Å². The van der Waals surface area contributed by atoms with Crippen LogP contribution in [0.2, 0.25) is 0 Å². The molecular weight excluding hydrogens is 976 g/mol. The van der Waals surface area contributed by atoms with Crippen molar-refractivity contribution in [3.8, 4) is 0 Å². The zero-order valence-electron chi connectivity index (χ0n) is 51.4. The van der Waals surface area contributed by atoms with Crippen molar-refractivity contribution in [2.75, 3.05) is 40.9 Å². The lowest BCUT2D eigenvalue weighted by Crippen LogP contribution is -2.47. The summed E-state index contributed by atoms with van der Waals surface area (Å²) in [6, 6.07) is -0.909. The van der Waals surface area contributed by atoms with Crippen molar-refractivity contribution >= 4 is 19.7 Å². The molecule has 0 aromatic heterocycles. The average Bonchev–Trinajstić information content (AvgIpc) is 3.39. The van der Waals surface area contributed by atoms with Gasteiger partial charge in [0, 0.05) is 12.8 Å². The molecule has 9 nitrogen and oxygen atoms in total. The molecule has 3 unspecified atom stereocenters. The van der Waals surface area contributed by atoms with E-state index in [2.05, 4.69) is 74.7 Å². The quantitative estimate of drug-likeness (QED) is 0.0212. The maximum Gasteiger partial charge on any atom is 0.306 e. The molecule has 0 fully saturated rings. The van der Waals surface area contributed by atoms with Crippen molar-refractivity contribution in [2.45, 2.75) is 315 Å². The van der Waals surface area contributed by atoms with Crippen molar-refractivity contribution < 1.29 is 37.3 Å². The number of unbranched alkanes of at least 4 members (excludes halogenated alkanes) is 35. The molecule has 0 heterocycles. The van der Waals surface area contributed by atoms with Crippen LogP contribution in [0.4, 0.5) is 0 Å². The lowest BCUT2D eigenvalue weighted by Gasteiger charge is -2.30. The lowest BCUT2D eigenvalue weighted by atomic mass is 10.0. The van der Waals surface area contributed by atoms with Gasteiger partial charge in [0.25, 0.3) is 7.82 Å². The number of nitrogens with one attached hydrogen (secondary N) is 1. The number of quaternary nitrogens is 1. The summed E-state index contributed by atoms with van der Waals surface area (Å²) < 4.78 is 30.3. The van der Waals surface area contributed by atoms with E-state index in [-0.39, 0.29) is 18.9 Å². The van der Waals surface area contributed by atoms with Gasteiger partial charge in [-0.25, -0.2) is 0 Å². The molecule has 1 amide bonds. The van der Waals surface area contributed by atoms with Crippen molar-refractivity contribution in [2.24, 2.45) is 0 Å². The highest BCUT2D eigenvalue weighted by atomic mass is 31.2. The maximum absolute atomic E-state index is 13.6. The molecule has 0 aromatic carbocycles. The molecule has 0 saturated carbocycles. The first kappa shape index (κ1) is 74.7. The normalized spacial score (nSPS) is 14.0. The number of likely N-dealkylation sites (N-methyl/N-ethyl adjacent to an activating group) is 1. The van der Waals surface area contributed by atoms with E-state index in [9.17, 15) is 19.0 Å². The summed E-state index contributed by atoms with van der Waals surface area (Å²) >= 11 is 0. The van der Waals surface area contributed by atoms with Crippen molar-refractivity contribution in [1.29, 1.82) is 0 Å². The molecule has 0 bridgehead atoms. The third kappa shape index (κ3) is 58.2. The highest BCUT2D eigenvalue weighted by Gasteiger charge is 2.27. The van der Waals surface area contributed by atoms with Gasteiger partial charge in [-0.15, -0.1) is 0 Å². The number of allylic oxidation sites excluding steroid dienone is 9. The van der Waals surface area contributed by atoms with E-state index in [1.807, 2.05) is 33.3 Å². The van der Waals surface area contributed by atoms with Crippen molar-refractivity contribution in [1.82, 2.24) is 5.32 Å². The number of carbonyl (C=O) groups excluding carboxylic acids is 2. The molecule has 3 atom stereocenters. The van der Waals surface area contributed by atoms with E-state index in [1.165, 1.54) is 199 Å². The number of ether oxygens (including phenoxy) is 1. The van der Waals surface area contributed by atoms with Crippen LogP contribution in [0.1, 0.15) is 303 Å². The van der Waals surface area contributed by atoms with Gasteiger partial charge in [-0.05, 0) is 70.3 Å². The summed E-state index contributed by atoms with van der Waals surface area (Å²) in [7, 11) is 1.16. The fourth-order valence-corrected chi connectivity index (χ4v) is 10.1. The van der Waals surface area contributed by atoms with E-state index >= 15 is 0 Å². The molecule has 0 saturated heterocycles. The zero-order valence-corrected chi connectivity index (χ0v) is 52.3. The summed E-state index contributed by atoms with van der Waals surface area (Å²) in [4.78, 5) is 40.0. The second-order valence-electron chi connectivity index (χ2n) is 23.3. The molecule has 1 N–H and O–H groups in total. The van der Waals surface area contributed by atoms with Gasteiger partial charge in [0.1, 0.15) is 19.3 Å². The summed E-state index contributed by atoms with van der Waals surface area (Å²) in [5, 5.41) is 3.02. The molecule has 0 aliphatic carbocycles. The standard InChI is InChI=1S/C67H125N2O7P/c1-7-10-13-16-19-22-25-28-30-32-33-34-35-37-38-41-44-47-50-53-56-59-66(70)68-64(63-75-77(72,73)74-62-61-69(4,5)6)65(58-55-52-49-46-43-40-27-24-21-18-15-12-9-3)76-67(71)60-57-54-51-48-45-42-39-36-31-29-26-23-20-17-14-11-8-2/h20,23,29,31,39,42,48,51,55,58,64-65H,7-19,21-22,24-28,30,32-38,40-41,43-47,49-50,52-54,56-57,59-63H2,1-6H3,(H-,68,70,72,73)/b23-20-,31-29-,42-39-,51-48-,58-55+. The minimum absolute atomic E-state index is 0.0303. The van der Waals surface area contributed by atoms with E-state index < -0.39 is 32.5 Å². The lowest BCUT2D eigenvalue weighted by molar-refractivity contribution is -0.870. The van der Waals surface area contributed by atoms with Gasteiger partial charge in [-0.3, -0.25) is 14.2 Å². The van der Waals surface area contributed by atoms with Crippen LogP contribution < -0.4 is 10.2 Å². The van der Waals surface area contributed by atoms with Crippen molar-refractivity contribution in [3.05, 3.63) is 60.8 Å². The highest BCUT2D eigenvalue weighted by molar-refractivity contribution is 7.45. The monoisotopic (exact) mass is 1100 g/mol. The predicted molar refractivity (Wildman–Crippen MR) is 330 cm³/mol. The van der Waals surface area contributed by atoms with Crippen LogP contribution in [-0.2, 0) is 27.9 Å². The first-order chi connectivity index (χ1) is 37.4. The fourth-order valence-electron chi connectivity index (χ4n) is 9.40. The average molecular weight is 1100 g/mol.